The van der Waals surface area contributed by atoms with E-state index in [4.69, 9.17) is 5.73 Å². The van der Waals surface area contributed by atoms with Crippen LogP contribution in [0.15, 0.2) is 54.6 Å². The average molecular weight is 351 g/mol. The van der Waals surface area contributed by atoms with Crippen LogP contribution in [0.4, 0.5) is 5.69 Å². The average Bonchev–Trinajstić information content (AvgIpc) is 2.68. The van der Waals surface area contributed by atoms with Gasteiger partial charge >= 0.3 is 0 Å². The van der Waals surface area contributed by atoms with Crippen LogP contribution >= 0.6 is 0 Å². The molecule has 1 heterocycles. The molecule has 1 fully saturated rings. The largest absolute Gasteiger partial charge is 0.334 e. The summed E-state index contributed by atoms with van der Waals surface area (Å²) in [5.74, 6) is 0.439. The molecule has 3 rings (SSSR count). The number of likely N-dealkylation sites (tertiary alicyclic amines) is 1. The van der Waals surface area contributed by atoms with E-state index in [0.29, 0.717) is 29.3 Å². The Labute approximate surface area is 154 Å². The van der Waals surface area contributed by atoms with E-state index in [1.54, 1.807) is 36.4 Å². The predicted molar refractivity (Wildman–Crippen MR) is 103 cm³/mol. The van der Waals surface area contributed by atoms with Crippen molar-refractivity contribution in [1.82, 2.24) is 4.90 Å². The van der Waals surface area contributed by atoms with E-state index in [2.05, 4.69) is 12.2 Å². The first-order valence-electron chi connectivity index (χ1n) is 9.06. The Balaban J connectivity index is 1.67. The molecule has 0 bridgehead atoms. The zero-order valence-electron chi connectivity index (χ0n) is 15.0. The second kappa shape index (κ2) is 8.15. The van der Waals surface area contributed by atoms with Crippen molar-refractivity contribution < 1.29 is 9.59 Å². The normalized spacial score (nSPS) is 19.8. The number of nitrogens with zero attached hydrogens (tertiary/aromatic N) is 1. The Bertz CT molecular complexity index is 759. The molecule has 5 nitrogen and oxygen atoms in total. The summed E-state index contributed by atoms with van der Waals surface area (Å²) in [5.41, 5.74) is 7.75. The Kier molecular flexibility index (Phi) is 5.68. The monoisotopic (exact) mass is 351 g/mol. The molecule has 2 aromatic rings. The molecule has 0 radical (unpaired) electrons. The molecule has 2 amide bonds. The van der Waals surface area contributed by atoms with Gasteiger partial charge in [0.25, 0.3) is 11.8 Å². The third-order valence-electron chi connectivity index (χ3n) is 4.94. The van der Waals surface area contributed by atoms with Crippen molar-refractivity contribution in [2.45, 2.75) is 25.8 Å². The van der Waals surface area contributed by atoms with E-state index < -0.39 is 0 Å². The van der Waals surface area contributed by atoms with Crippen molar-refractivity contribution in [2.75, 3.05) is 18.4 Å². The van der Waals surface area contributed by atoms with Gasteiger partial charge in [-0.15, -0.1) is 0 Å². The van der Waals surface area contributed by atoms with Crippen LogP contribution in [0.25, 0.3) is 0 Å². The summed E-state index contributed by atoms with van der Waals surface area (Å²) < 4.78 is 0. The lowest BCUT2D eigenvalue weighted by Gasteiger charge is -2.38. The Morgan fingerprint density at radius 2 is 1.77 bits per heavy atom. The van der Waals surface area contributed by atoms with Crippen LogP contribution in [0, 0.1) is 5.92 Å². The summed E-state index contributed by atoms with van der Waals surface area (Å²) in [6.07, 6.45) is 1.96. The Hall–Kier alpha value is -2.66. The van der Waals surface area contributed by atoms with Crippen LogP contribution in [-0.4, -0.2) is 35.8 Å². The molecule has 5 heteroatoms. The molecule has 2 aromatic carbocycles. The molecule has 136 valence electrons. The van der Waals surface area contributed by atoms with Gasteiger partial charge in [0, 0.05) is 35.9 Å². The van der Waals surface area contributed by atoms with Crippen LogP contribution in [0.2, 0.25) is 0 Å². The number of benzene rings is 2. The number of anilines is 1. The van der Waals surface area contributed by atoms with Gasteiger partial charge in [-0.1, -0.05) is 25.1 Å². The number of piperidine rings is 1. The van der Waals surface area contributed by atoms with Gasteiger partial charge in [-0.05, 0) is 55.2 Å². The first-order chi connectivity index (χ1) is 12.6. The molecule has 3 N–H and O–H groups in total. The number of hydrogen-bond donors (Lipinski definition) is 2. The molecule has 26 heavy (non-hydrogen) atoms. The first kappa shape index (κ1) is 18.1. The van der Waals surface area contributed by atoms with Crippen LogP contribution < -0.4 is 11.1 Å². The van der Waals surface area contributed by atoms with E-state index in [0.717, 1.165) is 19.4 Å². The van der Waals surface area contributed by atoms with Gasteiger partial charge in [0.15, 0.2) is 0 Å². The zero-order valence-corrected chi connectivity index (χ0v) is 15.0. The lowest BCUT2D eigenvalue weighted by molar-refractivity contribution is 0.0573. The minimum Gasteiger partial charge on any atom is -0.334 e. The van der Waals surface area contributed by atoms with Crippen molar-refractivity contribution in [3.05, 3.63) is 65.7 Å². The van der Waals surface area contributed by atoms with E-state index in [-0.39, 0.29) is 17.9 Å². The zero-order chi connectivity index (χ0) is 18.5. The fraction of sp³-hybridized carbons (Fsp3) is 0.333. The molecule has 1 aliphatic heterocycles. The molecule has 0 aliphatic carbocycles. The number of nitrogens with one attached hydrogen (secondary N) is 1. The second-order valence-corrected chi connectivity index (χ2v) is 6.92. The highest BCUT2D eigenvalue weighted by Crippen LogP contribution is 2.24. The van der Waals surface area contributed by atoms with Gasteiger partial charge in [-0.3, -0.25) is 9.59 Å². The van der Waals surface area contributed by atoms with Gasteiger partial charge in [0.05, 0.1) is 0 Å². The second-order valence-electron chi connectivity index (χ2n) is 6.92. The maximum Gasteiger partial charge on any atom is 0.255 e. The van der Waals surface area contributed by atoms with E-state index >= 15 is 0 Å². The Morgan fingerprint density at radius 1 is 1.08 bits per heavy atom. The third-order valence-corrected chi connectivity index (χ3v) is 4.94. The number of amides is 2. The quantitative estimate of drug-likeness (QED) is 0.888. The van der Waals surface area contributed by atoms with Crippen LogP contribution in [0.5, 0.6) is 0 Å². The third kappa shape index (κ3) is 4.11. The van der Waals surface area contributed by atoms with Gasteiger partial charge < -0.3 is 16.0 Å². The summed E-state index contributed by atoms with van der Waals surface area (Å²) in [4.78, 5) is 26.9. The van der Waals surface area contributed by atoms with Crippen molar-refractivity contribution in [3.63, 3.8) is 0 Å². The Morgan fingerprint density at radius 3 is 2.42 bits per heavy atom. The topological polar surface area (TPSA) is 75.4 Å². The van der Waals surface area contributed by atoms with Crippen molar-refractivity contribution >= 4 is 17.5 Å². The molecular weight excluding hydrogens is 326 g/mol. The summed E-state index contributed by atoms with van der Waals surface area (Å²) in [7, 11) is 0. The smallest absolute Gasteiger partial charge is 0.255 e. The maximum absolute atomic E-state index is 12.8. The molecule has 2 atom stereocenters. The summed E-state index contributed by atoms with van der Waals surface area (Å²) in [5, 5.41) is 2.85. The van der Waals surface area contributed by atoms with Crippen molar-refractivity contribution in [2.24, 2.45) is 11.7 Å². The molecule has 1 saturated heterocycles. The number of carbonyl (C=O) groups excluding carboxylic acids is 2. The molecule has 1 aliphatic rings. The highest BCUT2D eigenvalue weighted by Gasteiger charge is 2.29. The van der Waals surface area contributed by atoms with E-state index in [9.17, 15) is 9.59 Å². The van der Waals surface area contributed by atoms with E-state index in [1.165, 1.54) is 0 Å². The van der Waals surface area contributed by atoms with Crippen LogP contribution in [0.3, 0.4) is 0 Å². The highest BCUT2D eigenvalue weighted by atomic mass is 16.2. The SMILES string of the molecule is CC1CCN(C(=O)c2ccc(NC(=O)c3ccccc3)cc2)C(CN)C1. The fourth-order valence-corrected chi connectivity index (χ4v) is 3.40. The van der Waals surface area contributed by atoms with Crippen LogP contribution in [0.1, 0.15) is 40.5 Å². The summed E-state index contributed by atoms with van der Waals surface area (Å²) in [6.45, 7) is 3.43. The number of rotatable bonds is 4. The lowest BCUT2D eigenvalue weighted by atomic mass is 9.92. The summed E-state index contributed by atoms with van der Waals surface area (Å²) >= 11 is 0. The van der Waals surface area contributed by atoms with Gasteiger partial charge in [0.2, 0.25) is 0 Å². The predicted octanol–water partition coefficient (Wildman–Crippen LogP) is 3.14. The van der Waals surface area contributed by atoms with Gasteiger partial charge in [-0.25, -0.2) is 0 Å². The minimum absolute atomic E-state index is 0.00767. The molecule has 0 spiro atoms. The molecule has 0 saturated carbocycles. The highest BCUT2D eigenvalue weighted by molar-refractivity contribution is 6.04. The van der Waals surface area contributed by atoms with Gasteiger partial charge in [0.1, 0.15) is 0 Å². The van der Waals surface area contributed by atoms with E-state index in [1.807, 2.05) is 23.1 Å². The van der Waals surface area contributed by atoms with Crippen LogP contribution in [-0.2, 0) is 0 Å². The van der Waals surface area contributed by atoms with Crippen molar-refractivity contribution in [1.29, 1.82) is 0 Å². The summed E-state index contributed by atoms with van der Waals surface area (Å²) in [6, 6.07) is 16.2. The number of carbonyl (C=O) groups is 2. The lowest BCUT2D eigenvalue weighted by Crippen LogP contribution is -2.49. The first-order valence-corrected chi connectivity index (χ1v) is 9.06. The van der Waals surface area contributed by atoms with Gasteiger partial charge in [-0.2, -0.15) is 0 Å². The molecular formula is C21H25N3O2. The number of hydrogen-bond acceptors (Lipinski definition) is 3. The van der Waals surface area contributed by atoms with Crippen molar-refractivity contribution in [3.8, 4) is 0 Å². The minimum atomic E-state index is -0.169. The standard InChI is InChI=1S/C21H25N3O2/c1-15-11-12-24(19(13-15)14-22)21(26)17-7-9-18(10-8-17)23-20(25)16-5-3-2-4-6-16/h2-10,15,19H,11-14,22H2,1H3,(H,23,25). The molecule has 2 unspecified atom stereocenters. The molecule has 0 aromatic heterocycles. The number of nitrogens with two attached hydrogens (primary N) is 1. The maximum atomic E-state index is 12.8. The fourth-order valence-electron chi connectivity index (χ4n) is 3.40.